The fraction of sp³-hybridized carbons (Fsp3) is 0.500. The van der Waals surface area contributed by atoms with E-state index in [-0.39, 0.29) is 6.03 Å². The summed E-state index contributed by atoms with van der Waals surface area (Å²) in [7, 11) is 1.59. The van der Waals surface area contributed by atoms with Gasteiger partial charge in [-0.25, -0.2) is 4.79 Å². The van der Waals surface area contributed by atoms with Gasteiger partial charge >= 0.3 is 6.03 Å². The van der Waals surface area contributed by atoms with Gasteiger partial charge in [-0.2, -0.15) is 5.10 Å². The summed E-state index contributed by atoms with van der Waals surface area (Å²) >= 11 is 0. The van der Waals surface area contributed by atoms with E-state index in [0.29, 0.717) is 6.54 Å². The Morgan fingerprint density at radius 2 is 2.46 bits per heavy atom. The van der Waals surface area contributed by atoms with Gasteiger partial charge in [-0.3, -0.25) is 4.68 Å². The monoisotopic (exact) mass is 182 g/mol. The molecule has 0 saturated carbocycles. The summed E-state index contributed by atoms with van der Waals surface area (Å²) < 4.78 is 1.82. The Hall–Kier alpha value is -1.52. The maximum absolute atomic E-state index is 10.8. The van der Waals surface area contributed by atoms with Crippen LogP contribution < -0.4 is 10.6 Å². The molecule has 0 saturated heterocycles. The Morgan fingerprint density at radius 3 is 3.00 bits per heavy atom. The normalized spacial score (nSPS) is 9.69. The molecule has 1 rings (SSSR count). The van der Waals surface area contributed by atoms with E-state index in [1.807, 2.05) is 17.8 Å². The number of nitrogens with zero attached hydrogens (tertiary/aromatic N) is 2. The van der Waals surface area contributed by atoms with Crippen molar-refractivity contribution < 1.29 is 4.79 Å². The second-order valence-electron chi connectivity index (χ2n) is 2.64. The number of amides is 2. The SMILES string of the molecule is CCn1cc(CNC(=O)NC)cn1. The molecule has 0 aliphatic heterocycles. The maximum atomic E-state index is 10.8. The van der Waals surface area contributed by atoms with Gasteiger partial charge < -0.3 is 10.6 Å². The topological polar surface area (TPSA) is 59.0 Å². The predicted octanol–water partition coefficient (Wildman–Crippen LogP) is 0.332. The third-order valence-corrected chi connectivity index (χ3v) is 1.69. The molecule has 0 aromatic carbocycles. The molecule has 0 bridgehead atoms. The van der Waals surface area contributed by atoms with Crippen molar-refractivity contribution in [1.82, 2.24) is 20.4 Å². The van der Waals surface area contributed by atoms with Crippen LogP contribution in [0.5, 0.6) is 0 Å². The second kappa shape index (κ2) is 4.49. The molecule has 0 aliphatic rings. The van der Waals surface area contributed by atoms with Crippen LogP contribution in [-0.2, 0) is 13.1 Å². The number of hydrogen-bond donors (Lipinski definition) is 2. The molecule has 0 atom stereocenters. The lowest BCUT2D eigenvalue weighted by molar-refractivity contribution is 0.242. The molecule has 0 unspecified atom stereocenters. The van der Waals surface area contributed by atoms with E-state index in [4.69, 9.17) is 0 Å². The summed E-state index contributed by atoms with van der Waals surface area (Å²) in [5.74, 6) is 0. The first-order valence-corrected chi connectivity index (χ1v) is 4.23. The molecule has 5 nitrogen and oxygen atoms in total. The fourth-order valence-corrected chi connectivity index (χ4v) is 0.941. The van der Waals surface area contributed by atoms with E-state index >= 15 is 0 Å². The molecule has 1 heterocycles. The quantitative estimate of drug-likeness (QED) is 0.707. The van der Waals surface area contributed by atoms with E-state index in [9.17, 15) is 4.79 Å². The van der Waals surface area contributed by atoms with Crippen LogP contribution >= 0.6 is 0 Å². The zero-order valence-corrected chi connectivity index (χ0v) is 7.87. The van der Waals surface area contributed by atoms with Crippen LogP contribution in [0.25, 0.3) is 0 Å². The number of urea groups is 1. The summed E-state index contributed by atoms with van der Waals surface area (Å²) in [6.07, 6.45) is 3.66. The Balaban J connectivity index is 2.41. The average Bonchev–Trinajstić information content (AvgIpc) is 2.61. The minimum absolute atomic E-state index is 0.177. The molecule has 1 aromatic heterocycles. The Morgan fingerprint density at radius 1 is 1.69 bits per heavy atom. The van der Waals surface area contributed by atoms with E-state index in [1.54, 1.807) is 13.2 Å². The van der Waals surface area contributed by atoms with E-state index in [1.165, 1.54) is 0 Å². The molecule has 72 valence electrons. The first kappa shape index (κ1) is 9.57. The number of hydrogen-bond acceptors (Lipinski definition) is 2. The van der Waals surface area contributed by atoms with Crippen molar-refractivity contribution in [3.8, 4) is 0 Å². The van der Waals surface area contributed by atoms with E-state index in [2.05, 4.69) is 15.7 Å². The molecule has 0 fully saturated rings. The summed E-state index contributed by atoms with van der Waals surface area (Å²) in [6, 6.07) is -0.177. The van der Waals surface area contributed by atoms with Crippen molar-refractivity contribution in [2.75, 3.05) is 7.05 Å². The van der Waals surface area contributed by atoms with Gasteiger partial charge in [0, 0.05) is 31.9 Å². The standard InChI is InChI=1S/C8H14N4O/c1-3-12-6-7(5-11-12)4-10-8(13)9-2/h5-6H,3-4H2,1-2H3,(H2,9,10,13). The summed E-state index contributed by atoms with van der Waals surface area (Å²) in [5, 5.41) is 9.24. The molecular weight excluding hydrogens is 168 g/mol. The highest BCUT2D eigenvalue weighted by molar-refractivity contribution is 5.73. The van der Waals surface area contributed by atoms with Gasteiger partial charge in [0.15, 0.2) is 0 Å². The first-order chi connectivity index (χ1) is 6.26. The van der Waals surface area contributed by atoms with Gasteiger partial charge in [0.2, 0.25) is 0 Å². The molecule has 1 aromatic rings. The number of rotatable bonds is 3. The van der Waals surface area contributed by atoms with E-state index in [0.717, 1.165) is 12.1 Å². The minimum Gasteiger partial charge on any atom is -0.341 e. The lowest BCUT2D eigenvalue weighted by atomic mass is 10.4. The largest absolute Gasteiger partial charge is 0.341 e. The fourth-order valence-electron chi connectivity index (χ4n) is 0.941. The van der Waals surface area contributed by atoms with Gasteiger partial charge in [-0.1, -0.05) is 0 Å². The zero-order valence-electron chi connectivity index (χ0n) is 7.87. The van der Waals surface area contributed by atoms with Crippen LogP contribution in [0.15, 0.2) is 12.4 Å². The molecule has 2 amide bonds. The van der Waals surface area contributed by atoms with Crippen molar-refractivity contribution in [2.45, 2.75) is 20.0 Å². The molecule has 0 spiro atoms. The number of nitrogens with one attached hydrogen (secondary N) is 2. The first-order valence-electron chi connectivity index (χ1n) is 4.23. The number of carbonyl (C=O) groups excluding carboxylic acids is 1. The third-order valence-electron chi connectivity index (χ3n) is 1.69. The number of carbonyl (C=O) groups is 1. The van der Waals surface area contributed by atoms with Gasteiger partial charge in [0.1, 0.15) is 0 Å². The van der Waals surface area contributed by atoms with Crippen LogP contribution in [0.4, 0.5) is 4.79 Å². The van der Waals surface area contributed by atoms with Crippen molar-refractivity contribution in [3.05, 3.63) is 18.0 Å². The van der Waals surface area contributed by atoms with Crippen molar-refractivity contribution in [2.24, 2.45) is 0 Å². The molecule has 2 N–H and O–H groups in total. The molecule has 5 heteroatoms. The summed E-state index contributed by atoms with van der Waals surface area (Å²) in [5.41, 5.74) is 1.01. The Bertz CT molecular complexity index is 281. The average molecular weight is 182 g/mol. The summed E-state index contributed by atoms with van der Waals surface area (Å²) in [6.45, 7) is 3.38. The van der Waals surface area contributed by atoms with Crippen LogP contribution in [0, 0.1) is 0 Å². The van der Waals surface area contributed by atoms with Gasteiger partial charge in [-0.15, -0.1) is 0 Å². The highest BCUT2D eigenvalue weighted by atomic mass is 16.2. The summed E-state index contributed by atoms with van der Waals surface area (Å²) in [4.78, 5) is 10.8. The van der Waals surface area contributed by atoms with E-state index < -0.39 is 0 Å². The number of aromatic nitrogens is 2. The van der Waals surface area contributed by atoms with Crippen molar-refractivity contribution >= 4 is 6.03 Å². The van der Waals surface area contributed by atoms with Crippen LogP contribution in [0.2, 0.25) is 0 Å². The maximum Gasteiger partial charge on any atom is 0.314 e. The highest BCUT2D eigenvalue weighted by Crippen LogP contribution is 1.96. The molecule has 13 heavy (non-hydrogen) atoms. The molecular formula is C8H14N4O. The number of aryl methyl sites for hydroxylation is 1. The minimum atomic E-state index is -0.177. The van der Waals surface area contributed by atoms with Gasteiger partial charge in [0.05, 0.1) is 6.20 Å². The smallest absolute Gasteiger partial charge is 0.314 e. The van der Waals surface area contributed by atoms with Crippen molar-refractivity contribution in [1.29, 1.82) is 0 Å². The lowest BCUT2D eigenvalue weighted by Crippen LogP contribution is -2.31. The Labute approximate surface area is 77.1 Å². The highest BCUT2D eigenvalue weighted by Gasteiger charge is 1.99. The molecule has 0 radical (unpaired) electrons. The Kier molecular flexibility index (Phi) is 3.31. The van der Waals surface area contributed by atoms with Crippen LogP contribution in [-0.4, -0.2) is 22.9 Å². The predicted molar refractivity (Wildman–Crippen MR) is 49.2 cm³/mol. The van der Waals surface area contributed by atoms with Crippen LogP contribution in [0.1, 0.15) is 12.5 Å². The lowest BCUT2D eigenvalue weighted by Gasteiger charge is -2.00. The second-order valence-corrected chi connectivity index (χ2v) is 2.64. The van der Waals surface area contributed by atoms with Gasteiger partial charge in [-0.05, 0) is 6.92 Å². The van der Waals surface area contributed by atoms with Crippen LogP contribution in [0.3, 0.4) is 0 Å². The molecule has 0 aliphatic carbocycles. The third kappa shape index (κ3) is 2.77. The zero-order chi connectivity index (χ0) is 9.68. The van der Waals surface area contributed by atoms with Crippen molar-refractivity contribution in [3.63, 3.8) is 0 Å². The van der Waals surface area contributed by atoms with Gasteiger partial charge in [0.25, 0.3) is 0 Å².